The fourth-order valence-corrected chi connectivity index (χ4v) is 7.36. The van der Waals surface area contributed by atoms with Gasteiger partial charge in [0.15, 0.2) is 11.4 Å². The van der Waals surface area contributed by atoms with Crippen LogP contribution in [0.4, 0.5) is 22.7 Å². The van der Waals surface area contributed by atoms with Crippen LogP contribution >= 0.6 is 0 Å². The largest absolute Gasteiger partial charge is 0.481 e. The maximum Gasteiger partial charge on any atom is 0.314 e. The highest BCUT2D eigenvalue weighted by molar-refractivity contribution is 7.91. The van der Waals surface area contributed by atoms with Gasteiger partial charge in [0.05, 0.1) is 11.4 Å². The van der Waals surface area contributed by atoms with E-state index >= 15 is 0 Å². The highest BCUT2D eigenvalue weighted by Gasteiger charge is 2.35. The molecule has 0 radical (unpaired) electrons. The second-order valence-corrected chi connectivity index (χ2v) is 16.2. The molecule has 0 spiro atoms. The number of anilines is 4. The molecule has 0 heterocycles. The highest BCUT2D eigenvalue weighted by Crippen LogP contribution is 2.30. The van der Waals surface area contributed by atoms with Gasteiger partial charge in [0, 0.05) is 35.3 Å². The van der Waals surface area contributed by atoms with Gasteiger partial charge in [-0.25, -0.2) is 0 Å². The number of hydrogen-bond donors (Lipinski definition) is 8. The Balaban J connectivity index is 1.15. The third-order valence-electron chi connectivity index (χ3n) is 9.10. The molecule has 4 aromatic carbocycles. The molecule has 2 aliphatic carbocycles. The molecule has 6 rings (SSSR count). The Morgan fingerprint density at radius 1 is 0.516 bits per heavy atom. The van der Waals surface area contributed by atoms with Gasteiger partial charge in [-0.05, 0) is 108 Å². The molecule has 318 valence electrons. The van der Waals surface area contributed by atoms with Crippen molar-refractivity contribution in [3.05, 3.63) is 128 Å². The Morgan fingerprint density at radius 3 is 1.18 bits per heavy atom. The smallest absolute Gasteiger partial charge is 0.314 e. The van der Waals surface area contributed by atoms with Gasteiger partial charge in [-0.3, -0.25) is 48.7 Å². The molecule has 0 saturated heterocycles. The zero-order valence-electron chi connectivity index (χ0n) is 31.6. The Hall–Kier alpha value is -7.66. The number of allylic oxidation sites excluding steroid dienone is 2. The number of carboxylic acid groups (broad SMARTS) is 2. The fourth-order valence-electron chi connectivity index (χ4n) is 6.05. The van der Waals surface area contributed by atoms with Crippen LogP contribution in [0.25, 0.3) is 12.2 Å². The normalized spacial score (nSPS) is 14.9. The molecular formula is C40H32N6O14S2. The van der Waals surface area contributed by atoms with Crippen LogP contribution in [0.1, 0.15) is 55.8 Å². The molecule has 0 aliphatic heterocycles. The monoisotopic (exact) mass is 884 g/mol. The van der Waals surface area contributed by atoms with Crippen molar-refractivity contribution in [1.82, 2.24) is 0 Å². The summed E-state index contributed by atoms with van der Waals surface area (Å²) in [5.41, 5.74) is 5.38. The van der Waals surface area contributed by atoms with E-state index in [0.29, 0.717) is 22.5 Å². The summed E-state index contributed by atoms with van der Waals surface area (Å²) in [7, 11) is -10.1. The summed E-state index contributed by atoms with van der Waals surface area (Å²) in [5.74, 6) is -6.26. The first-order chi connectivity index (χ1) is 29.3. The molecule has 0 unspecified atom stereocenters. The third kappa shape index (κ3) is 10.6. The molecule has 20 nitrogen and oxygen atoms in total. The van der Waals surface area contributed by atoms with Crippen molar-refractivity contribution in [2.24, 2.45) is 10.2 Å². The van der Waals surface area contributed by atoms with E-state index in [0.717, 1.165) is 12.2 Å². The average molecular weight is 885 g/mol. The standard InChI is InChI=1S/C40H32N6O14S2/c47-33(48)15-5-21-1-7-25(8-2-21)43-45-35-31(61(55,56)57)19-23-17-27(11-13-29(23)37(35)51)41-39(53)40(54)42-28-12-14-30-24(18-28)20-32(62(58,59)60)36(38(30)52)46-44-26-9-3-22(4-10-26)6-16-34(49)50/h1-4,7-14,17-20,43-44H,5-6,15-16H2,(H,41,53)(H,42,54)(H,47,48)(H,49,50)(H,55,56,57)(H,58,59,60)/b45-35-,46-36-. The summed E-state index contributed by atoms with van der Waals surface area (Å²) >= 11 is 0. The van der Waals surface area contributed by atoms with E-state index in [4.69, 9.17) is 10.2 Å². The number of aliphatic carboxylic acids is 2. The lowest BCUT2D eigenvalue weighted by molar-refractivity contribution is -0.138. The second kappa shape index (κ2) is 17.9. The average Bonchev–Trinajstić information content (AvgIpc) is 3.21. The summed E-state index contributed by atoms with van der Waals surface area (Å²) in [6.45, 7) is 0. The van der Waals surface area contributed by atoms with Crippen molar-refractivity contribution < 1.29 is 64.9 Å². The maximum absolute atomic E-state index is 13.4. The molecule has 0 atom stereocenters. The van der Waals surface area contributed by atoms with Crippen LogP contribution in [0, 0.1) is 0 Å². The van der Waals surface area contributed by atoms with Crippen LogP contribution in [-0.4, -0.2) is 82.9 Å². The SMILES string of the molecule is O=C(O)CCc1ccc(N/N=C2\C(=O)c3ccc(NC(=O)C(=O)Nc4ccc5c(c4)C=C(S(=O)(=O)O)/C(=N/Nc4ccc(CCC(=O)O)cc4)C5=O)cc3C=C2S(=O)(=O)O)cc1. The first-order valence-corrected chi connectivity index (χ1v) is 20.8. The minimum Gasteiger partial charge on any atom is -0.481 e. The Bertz CT molecular complexity index is 2720. The number of rotatable bonds is 14. The molecule has 0 bridgehead atoms. The van der Waals surface area contributed by atoms with Crippen LogP contribution in [0.5, 0.6) is 0 Å². The minimum absolute atomic E-state index is 0.0626. The van der Waals surface area contributed by atoms with E-state index in [2.05, 4.69) is 31.7 Å². The van der Waals surface area contributed by atoms with Crippen molar-refractivity contribution in [3.63, 3.8) is 0 Å². The number of benzene rings is 4. The lowest BCUT2D eigenvalue weighted by Gasteiger charge is -2.18. The molecule has 4 aromatic rings. The first kappa shape index (κ1) is 43.9. The van der Waals surface area contributed by atoms with E-state index < -0.39 is 76.8 Å². The van der Waals surface area contributed by atoms with Crippen LogP contribution in [0.2, 0.25) is 0 Å². The van der Waals surface area contributed by atoms with Crippen LogP contribution < -0.4 is 21.5 Å². The molecule has 2 aliphatic rings. The van der Waals surface area contributed by atoms with Crippen LogP contribution in [0.15, 0.2) is 105 Å². The number of hydrogen-bond acceptors (Lipinski definition) is 14. The first-order valence-electron chi connectivity index (χ1n) is 17.9. The summed E-state index contributed by atoms with van der Waals surface area (Å²) in [5, 5.41) is 30.2. The van der Waals surface area contributed by atoms with Crippen LogP contribution in [0.3, 0.4) is 0 Å². The van der Waals surface area contributed by atoms with Crippen molar-refractivity contribution in [2.75, 3.05) is 21.5 Å². The molecule has 8 N–H and O–H groups in total. The Kier molecular flexibility index (Phi) is 12.7. The number of aryl methyl sites for hydroxylation is 2. The number of amides is 2. The highest BCUT2D eigenvalue weighted by atomic mass is 32.2. The number of fused-ring (bicyclic) bond motifs is 2. The van der Waals surface area contributed by atoms with Gasteiger partial charge in [-0.2, -0.15) is 27.0 Å². The number of nitrogens with one attached hydrogen (secondary N) is 4. The topological polar surface area (TPSA) is 324 Å². The quantitative estimate of drug-likeness (QED) is 0.0502. The van der Waals surface area contributed by atoms with E-state index in [-0.39, 0.29) is 59.3 Å². The minimum atomic E-state index is -5.04. The molecular weight excluding hydrogens is 853 g/mol. The van der Waals surface area contributed by atoms with Gasteiger partial charge >= 0.3 is 23.8 Å². The van der Waals surface area contributed by atoms with Gasteiger partial charge in [0.1, 0.15) is 9.81 Å². The third-order valence-corrected chi connectivity index (χ3v) is 10.8. The van der Waals surface area contributed by atoms with Gasteiger partial charge < -0.3 is 20.8 Å². The van der Waals surface area contributed by atoms with Gasteiger partial charge in [-0.1, -0.05) is 24.3 Å². The van der Waals surface area contributed by atoms with E-state index in [9.17, 15) is 54.7 Å². The predicted octanol–water partition coefficient (Wildman–Crippen LogP) is 4.08. The summed E-state index contributed by atoms with van der Waals surface area (Å²) in [4.78, 5) is 72.6. The van der Waals surface area contributed by atoms with Crippen molar-refractivity contribution in [3.8, 4) is 0 Å². The van der Waals surface area contributed by atoms with Crippen molar-refractivity contribution in [1.29, 1.82) is 0 Å². The summed E-state index contributed by atoms with van der Waals surface area (Å²) in [6.07, 6.45) is 2.22. The lowest BCUT2D eigenvalue weighted by atomic mass is 9.94. The lowest BCUT2D eigenvalue weighted by Crippen LogP contribution is -2.30. The number of nitrogens with zero attached hydrogens (tertiary/aromatic N) is 2. The number of carbonyl (C=O) groups excluding carboxylic acids is 4. The maximum atomic E-state index is 13.4. The number of carboxylic acids is 2. The van der Waals surface area contributed by atoms with E-state index in [1.165, 1.54) is 60.7 Å². The molecule has 2 amide bonds. The summed E-state index contributed by atoms with van der Waals surface area (Å²) < 4.78 is 69.3. The number of Topliss-reactive ketones (excluding diaryl/α,β-unsaturated/α-hetero) is 2. The zero-order chi connectivity index (χ0) is 44.9. The number of hydrazone groups is 2. The second-order valence-electron chi connectivity index (χ2n) is 13.5. The zero-order valence-corrected chi connectivity index (χ0v) is 33.3. The molecule has 62 heavy (non-hydrogen) atoms. The van der Waals surface area contributed by atoms with Gasteiger partial charge in [0.2, 0.25) is 11.6 Å². The predicted molar refractivity (Wildman–Crippen MR) is 225 cm³/mol. The number of ketones is 2. The van der Waals surface area contributed by atoms with Crippen molar-refractivity contribution >= 4 is 102 Å². The Labute approximate surface area is 351 Å². The Morgan fingerprint density at radius 2 is 0.855 bits per heavy atom. The van der Waals surface area contributed by atoms with E-state index in [1.54, 1.807) is 24.3 Å². The van der Waals surface area contributed by atoms with Gasteiger partial charge in [-0.15, -0.1) is 0 Å². The number of carbonyl (C=O) groups is 6. The van der Waals surface area contributed by atoms with E-state index in [1.807, 2.05) is 0 Å². The molecule has 0 fully saturated rings. The fraction of sp³-hybridized carbons (Fsp3) is 0.100. The summed E-state index contributed by atoms with van der Waals surface area (Å²) in [6, 6.07) is 19.8. The molecule has 0 aromatic heterocycles. The van der Waals surface area contributed by atoms with Crippen LogP contribution in [-0.2, 0) is 52.3 Å². The van der Waals surface area contributed by atoms with Gasteiger partial charge in [0.25, 0.3) is 20.2 Å². The molecule has 22 heteroatoms. The molecule has 0 saturated carbocycles. The van der Waals surface area contributed by atoms with Crippen molar-refractivity contribution in [2.45, 2.75) is 25.7 Å².